The molecule has 1 aromatic carbocycles. The molecule has 0 atom stereocenters. The van der Waals surface area contributed by atoms with E-state index >= 15 is 0 Å². The Morgan fingerprint density at radius 1 is 1.19 bits per heavy atom. The van der Waals surface area contributed by atoms with Crippen molar-refractivity contribution in [3.63, 3.8) is 0 Å². The Labute approximate surface area is 162 Å². The van der Waals surface area contributed by atoms with Crippen LogP contribution in [0.25, 0.3) is 0 Å². The van der Waals surface area contributed by atoms with Gasteiger partial charge in [0.1, 0.15) is 5.41 Å². The van der Waals surface area contributed by atoms with Gasteiger partial charge >= 0.3 is 0 Å². The van der Waals surface area contributed by atoms with E-state index in [0.717, 1.165) is 49.7 Å². The Morgan fingerprint density at radius 3 is 2.48 bits per heavy atom. The fourth-order valence-corrected chi connectivity index (χ4v) is 3.09. The van der Waals surface area contributed by atoms with Crippen LogP contribution in [0.5, 0.6) is 0 Å². The van der Waals surface area contributed by atoms with Crippen LogP contribution in [0, 0.1) is 12.3 Å². The third-order valence-electron chi connectivity index (χ3n) is 5.12. The maximum atomic E-state index is 12.9. The van der Waals surface area contributed by atoms with Crippen molar-refractivity contribution >= 4 is 17.5 Å². The van der Waals surface area contributed by atoms with Gasteiger partial charge in [0.2, 0.25) is 11.8 Å². The zero-order valence-electron chi connectivity index (χ0n) is 17.2. The van der Waals surface area contributed by atoms with Crippen LogP contribution in [-0.4, -0.2) is 56.1 Å². The van der Waals surface area contributed by atoms with E-state index in [1.54, 1.807) is 13.8 Å². The van der Waals surface area contributed by atoms with Crippen LogP contribution in [0.15, 0.2) is 18.2 Å². The van der Waals surface area contributed by atoms with Crippen molar-refractivity contribution in [3.8, 4) is 0 Å². The van der Waals surface area contributed by atoms with Gasteiger partial charge in [0.05, 0.1) is 13.2 Å². The smallest absolute Gasteiger partial charge is 0.239 e. The van der Waals surface area contributed by atoms with Gasteiger partial charge in [-0.2, -0.15) is 0 Å². The first-order valence-electron chi connectivity index (χ1n) is 9.73. The maximum absolute atomic E-state index is 12.9. The molecule has 0 aromatic heterocycles. The van der Waals surface area contributed by atoms with Crippen LogP contribution in [0.4, 0.5) is 5.69 Å². The topological polar surface area (TPSA) is 70.7 Å². The van der Waals surface area contributed by atoms with Crippen LogP contribution in [0.3, 0.4) is 0 Å². The molecule has 1 saturated heterocycles. The number of rotatable bonds is 7. The van der Waals surface area contributed by atoms with Gasteiger partial charge < -0.3 is 15.4 Å². The van der Waals surface area contributed by atoms with Crippen molar-refractivity contribution < 1.29 is 14.3 Å². The highest BCUT2D eigenvalue weighted by Gasteiger charge is 2.36. The van der Waals surface area contributed by atoms with Crippen LogP contribution in [-0.2, 0) is 14.3 Å². The number of nitrogens with one attached hydrogen (secondary N) is 2. The lowest BCUT2D eigenvalue weighted by Crippen LogP contribution is -2.48. The first-order valence-corrected chi connectivity index (χ1v) is 9.73. The summed E-state index contributed by atoms with van der Waals surface area (Å²) < 4.78 is 5.32. The molecule has 1 fully saturated rings. The highest BCUT2D eigenvalue weighted by molar-refractivity contribution is 6.10. The highest BCUT2D eigenvalue weighted by atomic mass is 16.5. The molecule has 27 heavy (non-hydrogen) atoms. The Morgan fingerprint density at radius 2 is 1.85 bits per heavy atom. The predicted molar refractivity (Wildman–Crippen MR) is 108 cm³/mol. The number of morpholine rings is 1. The fourth-order valence-electron chi connectivity index (χ4n) is 3.09. The van der Waals surface area contributed by atoms with Gasteiger partial charge in [0.25, 0.3) is 0 Å². The van der Waals surface area contributed by atoms with E-state index in [1.807, 2.05) is 25.1 Å². The summed E-state index contributed by atoms with van der Waals surface area (Å²) in [4.78, 5) is 27.7. The standard InChI is InChI=1S/C21H33N3O3/c1-15(2)17-8-6-7-16(3)18(17)23-20(26)21(4,5)19(25)22-9-10-24-11-13-27-14-12-24/h6-8,15H,9-14H2,1-5H3,(H,22,25)(H,23,26). The van der Waals surface area contributed by atoms with Crippen molar-refractivity contribution in [2.75, 3.05) is 44.7 Å². The van der Waals surface area contributed by atoms with Gasteiger partial charge in [-0.25, -0.2) is 0 Å². The van der Waals surface area contributed by atoms with Gasteiger partial charge in [-0.15, -0.1) is 0 Å². The third kappa shape index (κ3) is 5.53. The number of carbonyl (C=O) groups is 2. The molecule has 1 aliphatic heterocycles. The van der Waals surface area contributed by atoms with E-state index in [-0.39, 0.29) is 17.7 Å². The lowest BCUT2D eigenvalue weighted by Gasteiger charge is -2.28. The molecule has 1 aromatic rings. The number of hydrogen-bond acceptors (Lipinski definition) is 4. The molecule has 1 aliphatic rings. The Hall–Kier alpha value is -1.92. The van der Waals surface area contributed by atoms with Crippen molar-refractivity contribution in [1.82, 2.24) is 10.2 Å². The molecule has 0 spiro atoms. The van der Waals surface area contributed by atoms with Gasteiger partial charge in [0, 0.05) is 31.9 Å². The van der Waals surface area contributed by atoms with Gasteiger partial charge in [-0.05, 0) is 37.8 Å². The second-order valence-corrected chi connectivity index (χ2v) is 7.98. The molecule has 1 heterocycles. The number of hydrogen-bond donors (Lipinski definition) is 2. The lowest BCUT2D eigenvalue weighted by atomic mass is 9.90. The zero-order chi connectivity index (χ0) is 20.0. The predicted octanol–water partition coefficient (Wildman–Crippen LogP) is 2.53. The number of benzene rings is 1. The third-order valence-corrected chi connectivity index (χ3v) is 5.12. The number of para-hydroxylation sites is 1. The SMILES string of the molecule is Cc1cccc(C(C)C)c1NC(=O)C(C)(C)C(=O)NCCN1CCOCC1. The van der Waals surface area contributed by atoms with Crippen molar-refractivity contribution in [3.05, 3.63) is 29.3 Å². The molecule has 2 amide bonds. The summed E-state index contributed by atoms with van der Waals surface area (Å²) in [6, 6.07) is 5.98. The van der Waals surface area contributed by atoms with Gasteiger partial charge in [-0.1, -0.05) is 32.0 Å². The molecule has 0 saturated carbocycles. The quantitative estimate of drug-likeness (QED) is 0.719. The van der Waals surface area contributed by atoms with E-state index in [0.29, 0.717) is 6.54 Å². The minimum absolute atomic E-state index is 0.257. The summed E-state index contributed by atoms with van der Waals surface area (Å²) in [6.07, 6.45) is 0. The number of anilines is 1. The molecule has 0 unspecified atom stereocenters. The average molecular weight is 376 g/mol. The first kappa shape index (κ1) is 21.4. The molecule has 0 bridgehead atoms. The molecular weight excluding hydrogens is 342 g/mol. The summed E-state index contributed by atoms with van der Waals surface area (Å²) in [6.45, 7) is 14.0. The van der Waals surface area contributed by atoms with Gasteiger partial charge in [0.15, 0.2) is 0 Å². The first-order chi connectivity index (χ1) is 12.7. The minimum Gasteiger partial charge on any atom is -0.379 e. The van der Waals surface area contributed by atoms with Crippen molar-refractivity contribution in [2.24, 2.45) is 5.41 Å². The van der Waals surface area contributed by atoms with Crippen LogP contribution < -0.4 is 10.6 Å². The second kappa shape index (κ2) is 9.33. The average Bonchev–Trinajstić information content (AvgIpc) is 2.63. The summed E-state index contributed by atoms with van der Waals surface area (Å²) in [5.41, 5.74) is 1.73. The largest absolute Gasteiger partial charge is 0.379 e. The van der Waals surface area contributed by atoms with Crippen molar-refractivity contribution in [2.45, 2.75) is 40.5 Å². The van der Waals surface area contributed by atoms with E-state index < -0.39 is 5.41 Å². The van der Waals surface area contributed by atoms with E-state index in [2.05, 4.69) is 29.4 Å². The molecule has 2 N–H and O–H groups in total. The Kier molecular flexibility index (Phi) is 7.39. The summed E-state index contributed by atoms with van der Waals surface area (Å²) in [5, 5.41) is 5.90. The second-order valence-electron chi connectivity index (χ2n) is 7.98. The summed E-state index contributed by atoms with van der Waals surface area (Å²) >= 11 is 0. The number of amides is 2. The van der Waals surface area contributed by atoms with Crippen LogP contribution >= 0.6 is 0 Å². The van der Waals surface area contributed by atoms with Crippen LogP contribution in [0.2, 0.25) is 0 Å². The number of nitrogens with zero attached hydrogens (tertiary/aromatic N) is 1. The number of aryl methyl sites for hydroxylation is 1. The maximum Gasteiger partial charge on any atom is 0.239 e. The lowest BCUT2D eigenvalue weighted by molar-refractivity contribution is -0.138. The van der Waals surface area contributed by atoms with E-state index in [9.17, 15) is 9.59 Å². The summed E-state index contributed by atoms with van der Waals surface area (Å²) in [5.74, 6) is -0.263. The van der Waals surface area contributed by atoms with E-state index in [4.69, 9.17) is 4.74 Å². The van der Waals surface area contributed by atoms with Gasteiger partial charge in [-0.3, -0.25) is 14.5 Å². The molecule has 0 radical (unpaired) electrons. The Balaban J connectivity index is 1.96. The number of carbonyl (C=O) groups excluding carboxylic acids is 2. The fraction of sp³-hybridized carbons (Fsp3) is 0.619. The normalized spacial score (nSPS) is 15.6. The Bertz CT molecular complexity index is 665. The number of ether oxygens (including phenoxy) is 1. The molecular formula is C21H33N3O3. The molecule has 2 rings (SSSR count). The highest BCUT2D eigenvalue weighted by Crippen LogP contribution is 2.29. The van der Waals surface area contributed by atoms with Crippen LogP contribution in [0.1, 0.15) is 44.7 Å². The molecule has 0 aliphatic carbocycles. The van der Waals surface area contributed by atoms with Crippen molar-refractivity contribution in [1.29, 1.82) is 0 Å². The zero-order valence-corrected chi connectivity index (χ0v) is 17.2. The summed E-state index contributed by atoms with van der Waals surface area (Å²) in [7, 11) is 0. The molecule has 6 heteroatoms. The molecule has 150 valence electrons. The van der Waals surface area contributed by atoms with E-state index in [1.165, 1.54) is 0 Å². The minimum atomic E-state index is -1.15. The monoisotopic (exact) mass is 375 g/mol. The molecule has 6 nitrogen and oxygen atoms in total.